The van der Waals surface area contributed by atoms with Crippen molar-refractivity contribution in [3.05, 3.63) is 71.0 Å². The molecule has 3 aromatic heterocycles. The molecule has 1 aliphatic rings. The highest BCUT2D eigenvalue weighted by atomic mass is 19.1. The second kappa shape index (κ2) is 6.97. The number of nitrogens with zero attached hydrogens (tertiary/aromatic N) is 5. The van der Waals surface area contributed by atoms with Crippen LogP contribution in [0.15, 0.2) is 59.7 Å². The van der Waals surface area contributed by atoms with Gasteiger partial charge in [0.05, 0.1) is 16.7 Å². The molecule has 6 nitrogen and oxygen atoms in total. The standard InChI is InChI=1S/C24H20FN5O/c25-15-7-6-10-17(13-15)30-22-20(21-23(30)28-19-12-5-4-11-18(19)27-21)24(31)29(14-26-22)16-8-2-1-3-9-16/h4-7,10-14,16H,1-3,8-9H2. The van der Waals surface area contributed by atoms with E-state index in [0.717, 1.165) is 25.7 Å². The molecule has 5 aromatic rings. The van der Waals surface area contributed by atoms with Crippen LogP contribution in [0.2, 0.25) is 0 Å². The van der Waals surface area contributed by atoms with E-state index in [-0.39, 0.29) is 17.4 Å². The fourth-order valence-electron chi connectivity index (χ4n) is 4.73. The third-order valence-corrected chi connectivity index (χ3v) is 6.22. The Morgan fingerprint density at radius 1 is 0.903 bits per heavy atom. The van der Waals surface area contributed by atoms with Crippen LogP contribution in [0.4, 0.5) is 4.39 Å². The summed E-state index contributed by atoms with van der Waals surface area (Å²) in [5.41, 5.74) is 3.33. The van der Waals surface area contributed by atoms with E-state index in [2.05, 4.69) is 4.98 Å². The quantitative estimate of drug-likeness (QED) is 0.412. The van der Waals surface area contributed by atoms with Crippen molar-refractivity contribution in [3.63, 3.8) is 0 Å². The summed E-state index contributed by atoms with van der Waals surface area (Å²) in [4.78, 5) is 27.9. The van der Waals surface area contributed by atoms with Crippen molar-refractivity contribution in [2.75, 3.05) is 0 Å². The lowest BCUT2D eigenvalue weighted by Crippen LogP contribution is -2.26. The summed E-state index contributed by atoms with van der Waals surface area (Å²) in [6.07, 6.45) is 7.02. The van der Waals surface area contributed by atoms with Crippen LogP contribution in [0, 0.1) is 5.82 Å². The van der Waals surface area contributed by atoms with Crippen LogP contribution in [-0.4, -0.2) is 24.1 Å². The highest BCUT2D eigenvalue weighted by Gasteiger charge is 2.24. The topological polar surface area (TPSA) is 65.6 Å². The van der Waals surface area contributed by atoms with Crippen LogP contribution in [0.5, 0.6) is 0 Å². The second-order valence-corrected chi connectivity index (χ2v) is 8.15. The number of hydrogen-bond acceptors (Lipinski definition) is 4. The average Bonchev–Trinajstić information content (AvgIpc) is 3.12. The van der Waals surface area contributed by atoms with Gasteiger partial charge in [-0.1, -0.05) is 37.5 Å². The Morgan fingerprint density at radius 2 is 1.68 bits per heavy atom. The van der Waals surface area contributed by atoms with Gasteiger partial charge in [0.2, 0.25) is 0 Å². The van der Waals surface area contributed by atoms with Gasteiger partial charge in [0.1, 0.15) is 23.0 Å². The highest BCUT2D eigenvalue weighted by Crippen LogP contribution is 2.31. The zero-order valence-corrected chi connectivity index (χ0v) is 16.8. The first-order valence-corrected chi connectivity index (χ1v) is 10.6. The molecule has 31 heavy (non-hydrogen) atoms. The van der Waals surface area contributed by atoms with E-state index in [1.165, 1.54) is 18.6 Å². The predicted octanol–water partition coefficient (Wildman–Crippen LogP) is 4.93. The van der Waals surface area contributed by atoms with E-state index in [0.29, 0.717) is 38.9 Å². The SMILES string of the molecule is O=c1c2c3nc4ccccc4nc3n(-c3cccc(F)c3)c2ncn1C1CCCCC1. The van der Waals surface area contributed by atoms with Crippen LogP contribution in [0.1, 0.15) is 38.1 Å². The van der Waals surface area contributed by atoms with Crippen molar-refractivity contribution in [1.82, 2.24) is 24.1 Å². The molecule has 6 rings (SSSR count). The largest absolute Gasteiger partial charge is 0.295 e. The van der Waals surface area contributed by atoms with Crippen molar-refractivity contribution in [1.29, 1.82) is 0 Å². The molecule has 0 saturated heterocycles. The van der Waals surface area contributed by atoms with Crippen LogP contribution >= 0.6 is 0 Å². The van der Waals surface area contributed by atoms with Crippen LogP contribution in [0.25, 0.3) is 38.9 Å². The Balaban J connectivity index is 1.74. The molecule has 0 atom stereocenters. The maximum atomic E-state index is 14.1. The van der Waals surface area contributed by atoms with Gasteiger partial charge in [-0.2, -0.15) is 0 Å². The summed E-state index contributed by atoms with van der Waals surface area (Å²) in [6.45, 7) is 0. The van der Waals surface area contributed by atoms with Crippen LogP contribution < -0.4 is 5.56 Å². The Hall–Kier alpha value is -3.61. The predicted molar refractivity (Wildman–Crippen MR) is 118 cm³/mol. The minimum atomic E-state index is -0.364. The van der Waals surface area contributed by atoms with Gasteiger partial charge in [-0.05, 0) is 43.2 Å². The summed E-state index contributed by atoms with van der Waals surface area (Å²) in [6, 6.07) is 13.9. The molecular formula is C24H20FN5O. The first-order valence-electron chi connectivity index (χ1n) is 10.6. The van der Waals surface area contributed by atoms with Crippen molar-refractivity contribution in [2.24, 2.45) is 0 Å². The van der Waals surface area contributed by atoms with Crippen molar-refractivity contribution in [3.8, 4) is 5.69 Å². The van der Waals surface area contributed by atoms with E-state index in [1.807, 2.05) is 24.3 Å². The Bertz CT molecular complexity index is 1510. The van der Waals surface area contributed by atoms with Crippen molar-refractivity contribution >= 4 is 33.2 Å². The lowest BCUT2D eigenvalue weighted by atomic mass is 9.95. The van der Waals surface area contributed by atoms with E-state index in [4.69, 9.17) is 9.97 Å². The molecule has 0 aliphatic heterocycles. The maximum absolute atomic E-state index is 14.1. The molecule has 0 unspecified atom stereocenters. The van der Waals surface area contributed by atoms with Crippen molar-refractivity contribution < 1.29 is 4.39 Å². The Morgan fingerprint density at radius 3 is 2.45 bits per heavy atom. The third-order valence-electron chi connectivity index (χ3n) is 6.22. The monoisotopic (exact) mass is 413 g/mol. The Kier molecular flexibility index (Phi) is 4.09. The van der Waals surface area contributed by atoms with Gasteiger partial charge in [-0.3, -0.25) is 13.9 Å². The molecule has 2 aromatic carbocycles. The number of benzene rings is 2. The molecule has 0 spiro atoms. The normalized spacial score (nSPS) is 15.3. The van der Waals surface area contributed by atoms with E-state index >= 15 is 0 Å². The van der Waals surface area contributed by atoms with Gasteiger partial charge in [0, 0.05) is 6.04 Å². The first-order chi connectivity index (χ1) is 15.2. The Labute approximate surface area is 177 Å². The maximum Gasteiger partial charge on any atom is 0.265 e. The molecule has 7 heteroatoms. The third kappa shape index (κ3) is 2.84. The fourth-order valence-corrected chi connectivity index (χ4v) is 4.73. The molecule has 0 radical (unpaired) electrons. The van der Waals surface area contributed by atoms with Gasteiger partial charge in [-0.15, -0.1) is 0 Å². The second-order valence-electron chi connectivity index (χ2n) is 8.15. The number of halogens is 1. The van der Waals surface area contributed by atoms with Gasteiger partial charge in [-0.25, -0.2) is 19.3 Å². The fraction of sp³-hybridized carbons (Fsp3) is 0.250. The number of fused-ring (bicyclic) bond motifs is 4. The molecular weight excluding hydrogens is 393 g/mol. The van der Waals surface area contributed by atoms with Gasteiger partial charge < -0.3 is 0 Å². The molecule has 1 saturated carbocycles. The number of para-hydroxylation sites is 2. The van der Waals surface area contributed by atoms with Crippen LogP contribution in [-0.2, 0) is 0 Å². The lowest BCUT2D eigenvalue weighted by Gasteiger charge is -2.23. The summed E-state index contributed by atoms with van der Waals surface area (Å²) in [5, 5.41) is 0.436. The molecule has 1 fully saturated rings. The molecule has 154 valence electrons. The van der Waals surface area contributed by atoms with Gasteiger partial charge in [0.15, 0.2) is 11.3 Å². The molecule has 1 aliphatic carbocycles. The van der Waals surface area contributed by atoms with Crippen molar-refractivity contribution in [2.45, 2.75) is 38.1 Å². The van der Waals surface area contributed by atoms with E-state index in [9.17, 15) is 9.18 Å². The average molecular weight is 413 g/mol. The van der Waals surface area contributed by atoms with Gasteiger partial charge >= 0.3 is 0 Å². The number of hydrogen-bond donors (Lipinski definition) is 0. The van der Waals surface area contributed by atoms with Gasteiger partial charge in [0.25, 0.3) is 5.56 Å². The smallest absolute Gasteiger partial charge is 0.265 e. The molecule has 0 N–H and O–H groups in total. The van der Waals surface area contributed by atoms with Crippen LogP contribution in [0.3, 0.4) is 0 Å². The molecule has 3 heterocycles. The van der Waals surface area contributed by atoms with E-state index in [1.54, 1.807) is 27.6 Å². The lowest BCUT2D eigenvalue weighted by molar-refractivity contribution is 0.345. The highest BCUT2D eigenvalue weighted by molar-refractivity contribution is 6.05. The van der Waals surface area contributed by atoms with E-state index < -0.39 is 0 Å². The minimum Gasteiger partial charge on any atom is -0.295 e. The first kappa shape index (κ1) is 18.2. The summed E-state index contributed by atoms with van der Waals surface area (Å²) >= 11 is 0. The number of rotatable bonds is 2. The summed E-state index contributed by atoms with van der Waals surface area (Å²) < 4.78 is 17.6. The minimum absolute atomic E-state index is 0.110. The molecule has 0 bridgehead atoms. The summed E-state index contributed by atoms with van der Waals surface area (Å²) in [7, 11) is 0. The summed E-state index contributed by atoms with van der Waals surface area (Å²) in [5.74, 6) is -0.364. The zero-order chi connectivity index (χ0) is 20.9. The zero-order valence-electron chi connectivity index (χ0n) is 16.8. The molecule has 0 amide bonds. The number of aromatic nitrogens is 5.